The van der Waals surface area contributed by atoms with Crippen LogP contribution in [0.5, 0.6) is 5.75 Å². The molecule has 1 aromatic rings. The van der Waals surface area contributed by atoms with Gasteiger partial charge in [-0.25, -0.2) is 0 Å². The number of rotatable bonds is 4. The third kappa shape index (κ3) is 4.05. The Morgan fingerprint density at radius 1 is 0.955 bits per heavy atom. The standard InChI is InChI=1S/C18H29BO3/c1-16(2,3)12-13-20-15-10-8-14(9-11-15)19-21-17(4,5)18(6,7)22-19/h8-11H,12-13H2,1-7H3. The molecule has 0 N–H and O–H groups in total. The highest BCUT2D eigenvalue weighted by atomic mass is 16.7. The first kappa shape index (κ1) is 17.4. The molecule has 0 atom stereocenters. The second-order valence-electron chi connectivity index (χ2n) is 8.32. The summed E-state index contributed by atoms with van der Waals surface area (Å²) in [6, 6.07) is 8.02. The third-order valence-corrected chi connectivity index (χ3v) is 4.53. The van der Waals surface area contributed by atoms with Crippen LogP contribution in [0.1, 0.15) is 54.9 Å². The summed E-state index contributed by atoms with van der Waals surface area (Å²) in [5.74, 6) is 0.893. The number of hydrogen-bond acceptors (Lipinski definition) is 3. The van der Waals surface area contributed by atoms with Crippen LogP contribution in [0.4, 0.5) is 0 Å². The Bertz CT molecular complexity index is 484. The van der Waals surface area contributed by atoms with Crippen LogP contribution in [0.15, 0.2) is 24.3 Å². The van der Waals surface area contributed by atoms with E-state index in [1.807, 2.05) is 24.3 Å². The first-order valence-electron chi connectivity index (χ1n) is 8.09. The predicted octanol–water partition coefficient (Wildman–Crippen LogP) is 3.80. The van der Waals surface area contributed by atoms with Gasteiger partial charge >= 0.3 is 7.12 Å². The maximum Gasteiger partial charge on any atom is 0.494 e. The number of ether oxygens (including phenoxy) is 1. The topological polar surface area (TPSA) is 27.7 Å². The molecule has 2 rings (SSSR count). The second kappa shape index (κ2) is 5.90. The van der Waals surface area contributed by atoms with Crippen molar-refractivity contribution in [3.8, 4) is 5.75 Å². The van der Waals surface area contributed by atoms with Crippen molar-refractivity contribution < 1.29 is 14.0 Å². The summed E-state index contributed by atoms with van der Waals surface area (Å²) in [4.78, 5) is 0. The van der Waals surface area contributed by atoms with Crippen molar-refractivity contribution in [2.75, 3.05) is 6.61 Å². The Balaban J connectivity index is 1.96. The van der Waals surface area contributed by atoms with E-state index in [-0.39, 0.29) is 18.3 Å². The van der Waals surface area contributed by atoms with Gasteiger partial charge in [0, 0.05) is 0 Å². The molecule has 3 nitrogen and oxygen atoms in total. The Hall–Kier alpha value is -0.995. The number of hydrogen-bond donors (Lipinski definition) is 0. The van der Waals surface area contributed by atoms with Crippen molar-refractivity contribution in [3.05, 3.63) is 24.3 Å². The lowest BCUT2D eigenvalue weighted by Crippen LogP contribution is -2.41. The smallest absolute Gasteiger partial charge is 0.494 e. The van der Waals surface area contributed by atoms with E-state index in [0.29, 0.717) is 5.41 Å². The fourth-order valence-electron chi connectivity index (χ4n) is 2.18. The van der Waals surface area contributed by atoms with Gasteiger partial charge in [-0.3, -0.25) is 0 Å². The summed E-state index contributed by atoms with van der Waals surface area (Å²) in [5.41, 5.74) is 0.712. The maximum atomic E-state index is 6.05. The molecule has 0 saturated carbocycles. The SMILES string of the molecule is CC(C)(C)CCOc1ccc(B2OC(C)(C)C(C)(C)O2)cc1. The Labute approximate surface area is 135 Å². The summed E-state index contributed by atoms with van der Waals surface area (Å²) < 4.78 is 17.9. The van der Waals surface area contributed by atoms with Crippen LogP contribution in [0.25, 0.3) is 0 Å². The van der Waals surface area contributed by atoms with Crippen molar-refractivity contribution in [2.45, 2.75) is 66.1 Å². The first-order chi connectivity index (χ1) is 10.0. The Morgan fingerprint density at radius 3 is 1.91 bits per heavy atom. The zero-order valence-electron chi connectivity index (χ0n) is 15.0. The molecule has 0 aromatic heterocycles. The van der Waals surface area contributed by atoms with Crippen molar-refractivity contribution >= 4 is 12.6 Å². The summed E-state index contributed by atoms with van der Waals surface area (Å²) >= 11 is 0. The fraction of sp³-hybridized carbons (Fsp3) is 0.667. The van der Waals surface area contributed by atoms with E-state index >= 15 is 0 Å². The van der Waals surface area contributed by atoms with Crippen LogP contribution in [-0.4, -0.2) is 24.9 Å². The molecule has 4 heteroatoms. The van der Waals surface area contributed by atoms with Crippen molar-refractivity contribution in [1.82, 2.24) is 0 Å². The van der Waals surface area contributed by atoms with Gasteiger partial charge in [-0.2, -0.15) is 0 Å². The molecular weight excluding hydrogens is 275 g/mol. The van der Waals surface area contributed by atoms with E-state index in [4.69, 9.17) is 14.0 Å². The van der Waals surface area contributed by atoms with Gasteiger partial charge < -0.3 is 14.0 Å². The molecule has 22 heavy (non-hydrogen) atoms. The van der Waals surface area contributed by atoms with Gasteiger partial charge in [0.05, 0.1) is 17.8 Å². The van der Waals surface area contributed by atoms with Gasteiger partial charge in [-0.1, -0.05) is 32.9 Å². The zero-order chi connectivity index (χ0) is 16.6. The maximum absolute atomic E-state index is 6.05. The van der Waals surface area contributed by atoms with Gasteiger partial charge in [-0.05, 0) is 57.1 Å². The van der Waals surface area contributed by atoms with Gasteiger partial charge in [0.2, 0.25) is 0 Å². The quantitative estimate of drug-likeness (QED) is 0.792. The molecule has 0 bridgehead atoms. The average molecular weight is 304 g/mol. The normalized spacial score (nSPS) is 20.2. The Morgan fingerprint density at radius 2 is 1.45 bits per heavy atom. The molecule has 122 valence electrons. The van der Waals surface area contributed by atoms with Crippen LogP contribution in [-0.2, 0) is 9.31 Å². The molecule has 0 aliphatic carbocycles. The van der Waals surface area contributed by atoms with Crippen molar-refractivity contribution in [3.63, 3.8) is 0 Å². The van der Waals surface area contributed by atoms with Gasteiger partial charge in [0.25, 0.3) is 0 Å². The molecule has 0 radical (unpaired) electrons. The largest absolute Gasteiger partial charge is 0.494 e. The molecular formula is C18H29BO3. The van der Waals surface area contributed by atoms with Crippen LogP contribution >= 0.6 is 0 Å². The lowest BCUT2D eigenvalue weighted by molar-refractivity contribution is 0.00578. The van der Waals surface area contributed by atoms with Crippen LogP contribution in [0.3, 0.4) is 0 Å². The fourth-order valence-corrected chi connectivity index (χ4v) is 2.18. The van der Waals surface area contributed by atoms with E-state index < -0.39 is 0 Å². The minimum atomic E-state index is -0.311. The molecule has 1 heterocycles. The van der Waals surface area contributed by atoms with Gasteiger partial charge in [-0.15, -0.1) is 0 Å². The molecule has 1 saturated heterocycles. The molecule has 1 aliphatic rings. The van der Waals surface area contributed by atoms with Crippen LogP contribution in [0, 0.1) is 5.41 Å². The minimum Gasteiger partial charge on any atom is -0.494 e. The second-order valence-corrected chi connectivity index (χ2v) is 8.32. The van der Waals surface area contributed by atoms with Crippen molar-refractivity contribution in [1.29, 1.82) is 0 Å². The van der Waals surface area contributed by atoms with Crippen LogP contribution < -0.4 is 10.2 Å². The van der Waals surface area contributed by atoms with E-state index in [1.54, 1.807) is 0 Å². The molecule has 0 spiro atoms. The molecule has 1 aliphatic heterocycles. The van der Waals surface area contributed by atoms with E-state index in [9.17, 15) is 0 Å². The monoisotopic (exact) mass is 304 g/mol. The average Bonchev–Trinajstić information content (AvgIpc) is 2.58. The molecule has 1 fully saturated rings. The van der Waals surface area contributed by atoms with E-state index in [1.165, 1.54) is 0 Å². The summed E-state index contributed by atoms with van der Waals surface area (Å²) in [5, 5.41) is 0. The van der Waals surface area contributed by atoms with Gasteiger partial charge in [0.1, 0.15) is 5.75 Å². The molecule has 1 aromatic carbocycles. The highest BCUT2D eigenvalue weighted by Crippen LogP contribution is 2.36. The minimum absolute atomic E-state index is 0.294. The summed E-state index contributed by atoms with van der Waals surface area (Å²) in [6.45, 7) is 15.7. The van der Waals surface area contributed by atoms with Gasteiger partial charge in [0.15, 0.2) is 0 Å². The Kier molecular flexibility index (Phi) is 4.65. The molecule has 0 unspecified atom stereocenters. The molecule has 0 amide bonds. The predicted molar refractivity (Wildman–Crippen MR) is 91.7 cm³/mol. The van der Waals surface area contributed by atoms with E-state index in [0.717, 1.165) is 24.2 Å². The highest BCUT2D eigenvalue weighted by molar-refractivity contribution is 6.62. The lowest BCUT2D eigenvalue weighted by Gasteiger charge is -2.32. The number of benzene rings is 1. The van der Waals surface area contributed by atoms with E-state index in [2.05, 4.69) is 48.5 Å². The summed E-state index contributed by atoms with van der Waals surface area (Å²) in [6.07, 6.45) is 1.03. The summed E-state index contributed by atoms with van der Waals surface area (Å²) in [7, 11) is -0.311. The highest BCUT2D eigenvalue weighted by Gasteiger charge is 2.51. The zero-order valence-corrected chi connectivity index (χ0v) is 15.0. The van der Waals surface area contributed by atoms with Crippen LogP contribution in [0.2, 0.25) is 0 Å². The lowest BCUT2D eigenvalue weighted by atomic mass is 9.79. The van der Waals surface area contributed by atoms with Crippen molar-refractivity contribution in [2.24, 2.45) is 5.41 Å². The first-order valence-corrected chi connectivity index (χ1v) is 8.09. The third-order valence-electron chi connectivity index (χ3n) is 4.53.